The van der Waals surface area contributed by atoms with Crippen molar-refractivity contribution >= 4 is 11.9 Å². The van der Waals surface area contributed by atoms with E-state index in [4.69, 9.17) is 52.1 Å². The summed E-state index contributed by atoms with van der Waals surface area (Å²) in [5, 5.41) is 70.9. The lowest BCUT2D eigenvalue weighted by atomic mass is 9.88. The second kappa shape index (κ2) is 31.3. The van der Waals surface area contributed by atoms with E-state index in [-0.39, 0.29) is 52.9 Å². The van der Waals surface area contributed by atoms with Gasteiger partial charge in [-0.1, -0.05) is 182 Å². The van der Waals surface area contributed by atoms with Crippen LogP contribution in [0.2, 0.25) is 0 Å². The highest BCUT2D eigenvalue weighted by atomic mass is 16.8. The molecule has 0 aliphatic carbocycles. The van der Waals surface area contributed by atoms with Gasteiger partial charge in [-0.05, 0) is 33.4 Å². The van der Waals surface area contributed by atoms with Crippen molar-refractivity contribution in [1.29, 1.82) is 0 Å². The molecule has 9 rings (SSSR count). The van der Waals surface area contributed by atoms with Gasteiger partial charge in [0, 0.05) is 13.3 Å². The third-order valence-electron chi connectivity index (χ3n) is 14.9. The summed E-state index contributed by atoms with van der Waals surface area (Å²) in [4.78, 5) is 26.5. The van der Waals surface area contributed by atoms with Crippen LogP contribution < -0.4 is 5.32 Å². The normalized spacial score (nSPS) is 28.5. The van der Waals surface area contributed by atoms with Gasteiger partial charge in [-0.25, -0.2) is 4.79 Å². The summed E-state index contributed by atoms with van der Waals surface area (Å²) >= 11 is 0. The third-order valence-corrected chi connectivity index (χ3v) is 14.9. The van der Waals surface area contributed by atoms with Crippen LogP contribution in [0.1, 0.15) is 46.7 Å². The van der Waals surface area contributed by atoms with Crippen molar-refractivity contribution in [1.82, 2.24) is 5.32 Å². The van der Waals surface area contributed by atoms with E-state index in [0.717, 1.165) is 34.7 Å². The SMILES string of the molecule is CC(=O)NC1C(O)CC(OC2C(O)C(OC3C(COCc4ccccc4)OC(OCc4ccccc4)C(OCc4ccccc4)C3OCc3ccccc3)OC(COCc3ccccc3)C2OCc2ccccc2)(C(=O)O)OC1C(O)C(O)CO. The van der Waals surface area contributed by atoms with E-state index in [1.54, 1.807) is 24.3 Å². The van der Waals surface area contributed by atoms with Gasteiger partial charge < -0.3 is 88.1 Å². The smallest absolute Gasteiger partial charge is 0.364 e. The van der Waals surface area contributed by atoms with Crippen LogP contribution in [0.5, 0.6) is 0 Å². The van der Waals surface area contributed by atoms with Crippen molar-refractivity contribution in [3.63, 3.8) is 0 Å². The van der Waals surface area contributed by atoms with Gasteiger partial charge in [-0.2, -0.15) is 0 Å². The molecule has 3 aliphatic heterocycles. The van der Waals surface area contributed by atoms with Crippen LogP contribution in [-0.4, -0.2) is 160 Å². The maximum Gasteiger partial charge on any atom is 0.364 e. The number of aliphatic hydroxyl groups excluding tert-OH is 5. The lowest BCUT2D eigenvalue weighted by molar-refractivity contribution is -0.394. The molecule has 7 N–H and O–H groups in total. The van der Waals surface area contributed by atoms with Crippen molar-refractivity contribution in [2.45, 2.75) is 151 Å². The zero-order chi connectivity index (χ0) is 59.5. The highest BCUT2D eigenvalue weighted by Gasteiger charge is 2.61. The van der Waals surface area contributed by atoms with Crippen molar-refractivity contribution in [3.8, 4) is 0 Å². The quantitative estimate of drug-likeness (QED) is 0.0321. The molecule has 20 heteroatoms. The van der Waals surface area contributed by atoms with Crippen LogP contribution >= 0.6 is 0 Å². The van der Waals surface area contributed by atoms with Crippen LogP contribution in [-0.2, 0) is 101 Å². The predicted molar refractivity (Wildman–Crippen MR) is 304 cm³/mol. The lowest BCUT2D eigenvalue weighted by Crippen LogP contribution is -2.71. The number of aliphatic hydroxyl groups is 5. The van der Waals surface area contributed by atoms with E-state index in [9.17, 15) is 40.2 Å². The Bertz CT molecular complexity index is 2910. The number of amides is 1. The molecule has 0 bridgehead atoms. The number of carbonyl (C=O) groups excluding carboxylic acids is 1. The van der Waals surface area contributed by atoms with E-state index < -0.39 is 123 Å². The van der Waals surface area contributed by atoms with Crippen molar-refractivity contribution < 1.29 is 92.3 Å². The summed E-state index contributed by atoms with van der Waals surface area (Å²) in [6.45, 7) is 0.0292. The average molecular weight is 1170 g/mol. The maximum absolute atomic E-state index is 14.0. The molecule has 3 fully saturated rings. The molecule has 16 atom stereocenters. The summed E-state index contributed by atoms with van der Waals surface area (Å²) in [5.74, 6) is -5.50. The Hall–Kier alpha value is -6.38. The number of hydrogen-bond donors (Lipinski definition) is 7. The minimum Gasteiger partial charge on any atom is -0.477 e. The highest BCUT2D eigenvalue weighted by molar-refractivity contribution is 5.76. The molecule has 3 aliphatic rings. The van der Waals surface area contributed by atoms with Gasteiger partial charge in [-0.15, -0.1) is 0 Å². The fourth-order valence-electron chi connectivity index (χ4n) is 10.6. The first-order valence-electron chi connectivity index (χ1n) is 28.4. The lowest BCUT2D eigenvalue weighted by Gasteiger charge is -2.52. The molecule has 16 unspecified atom stereocenters. The molecule has 0 spiro atoms. The first kappa shape index (κ1) is 63.1. The van der Waals surface area contributed by atoms with Crippen molar-refractivity contribution in [2.24, 2.45) is 0 Å². The molecule has 6 aromatic carbocycles. The summed E-state index contributed by atoms with van der Waals surface area (Å²) in [7, 11) is 0. The molecule has 0 saturated carbocycles. The first-order valence-corrected chi connectivity index (χ1v) is 28.4. The van der Waals surface area contributed by atoms with Gasteiger partial charge in [0.1, 0.15) is 67.1 Å². The molecule has 454 valence electrons. The Morgan fingerprint density at radius 1 is 0.541 bits per heavy atom. The Labute approximate surface area is 493 Å². The fraction of sp³-hybridized carbons (Fsp3) is 0.415. The highest BCUT2D eigenvalue weighted by Crippen LogP contribution is 2.40. The summed E-state index contributed by atoms with van der Waals surface area (Å²) < 4.78 is 73.7. The molecule has 0 aromatic heterocycles. The Morgan fingerprint density at radius 2 is 0.941 bits per heavy atom. The number of benzene rings is 6. The van der Waals surface area contributed by atoms with Gasteiger partial charge in [0.25, 0.3) is 5.79 Å². The molecule has 3 heterocycles. The van der Waals surface area contributed by atoms with Crippen LogP contribution in [0.15, 0.2) is 182 Å². The topological polar surface area (TPSA) is 269 Å². The minimum atomic E-state index is -2.98. The number of ether oxygens (including phenoxy) is 11. The van der Waals surface area contributed by atoms with Crippen LogP contribution in [0, 0.1) is 0 Å². The molecule has 1 amide bonds. The van der Waals surface area contributed by atoms with Crippen LogP contribution in [0.3, 0.4) is 0 Å². The largest absolute Gasteiger partial charge is 0.477 e. The number of rotatable bonds is 29. The molecule has 0 radical (unpaired) electrons. The van der Waals surface area contributed by atoms with E-state index >= 15 is 0 Å². The monoisotopic (exact) mass is 1170 g/mol. The number of aliphatic carboxylic acids is 1. The van der Waals surface area contributed by atoms with Gasteiger partial charge in [-0.3, -0.25) is 4.79 Å². The van der Waals surface area contributed by atoms with Crippen LogP contribution in [0.25, 0.3) is 0 Å². The summed E-state index contributed by atoms with van der Waals surface area (Å²) in [6.07, 6.45) is -22.7. The zero-order valence-corrected chi connectivity index (χ0v) is 47.0. The summed E-state index contributed by atoms with van der Waals surface area (Å²) in [6, 6.07) is 54.8. The number of hydrogen-bond acceptors (Lipinski definition) is 18. The van der Waals surface area contributed by atoms with E-state index in [1.807, 2.05) is 158 Å². The molecule has 85 heavy (non-hydrogen) atoms. The Morgan fingerprint density at radius 3 is 1.38 bits per heavy atom. The predicted octanol–water partition coefficient (Wildman–Crippen LogP) is 5.12. The standard InChI is InChI=1S/C65H75NO19/c1-42(68)66-53-49(69)32-65(64(73)74,84-58(53)54(71)50(70)33-67)85-59-55(72)62(81-51(40-75-34-43-20-8-2-9-21-43)56(59)77-36-45-24-12-4-13-25-45)83-57-52(41-76-35-44-22-10-3-11-23-44)82-63(80-39-48-30-18-7-19-31-48)61(79-38-47-28-16-6-17-29-47)60(57)78-37-46-26-14-5-15-27-46/h2-31,49-63,67,69-72H,32-41H2,1H3,(H,66,68)(H,73,74). The molecule has 3 saturated heterocycles. The second-order valence-corrected chi connectivity index (χ2v) is 21.2. The molecular weight excluding hydrogens is 1100 g/mol. The van der Waals surface area contributed by atoms with Gasteiger partial charge in [0.15, 0.2) is 12.6 Å². The third kappa shape index (κ3) is 17.2. The Balaban J connectivity index is 1.14. The molecule has 20 nitrogen and oxygen atoms in total. The van der Waals surface area contributed by atoms with Gasteiger partial charge >= 0.3 is 5.97 Å². The van der Waals surface area contributed by atoms with E-state index in [1.165, 1.54) is 0 Å². The molecular formula is C65H75NO19. The summed E-state index contributed by atoms with van der Waals surface area (Å²) in [5.41, 5.74) is 4.83. The Kier molecular flexibility index (Phi) is 23.3. The number of carboxylic acids is 1. The number of nitrogens with one attached hydrogen (secondary N) is 1. The minimum absolute atomic E-state index is 0.0308. The zero-order valence-electron chi connectivity index (χ0n) is 47.0. The first-order chi connectivity index (χ1) is 41.4. The average Bonchev–Trinajstić information content (AvgIpc) is 1.35. The molecule has 6 aromatic rings. The van der Waals surface area contributed by atoms with Gasteiger partial charge in [0.05, 0.1) is 71.6 Å². The second-order valence-electron chi connectivity index (χ2n) is 21.2. The van der Waals surface area contributed by atoms with Crippen LogP contribution in [0.4, 0.5) is 0 Å². The van der Waals surface area contributed by atoms with Crippen molar-refractivity contribution in [3.05, 3.63) is 215 Å². The fourth-order valence-corrected chi connectivity index (χ4v) is 10.6. The maximum atomic E-state index is 14.0. The number of carboxylic acid groups (broad SMARTS) is 1. The van der Waals surface area contributed by atoms with Crippen molar-refractivity contribution in [2.75, 3.05) is 19.8 Å². The van der Waals surface area contributed by atoms with Gasteiger partial charge in [0.2, 0.25) is 5.91 Å². The van der Waals surface area contributed by atoms with E-state index in [2.05, 4.69) is 5.32 Å². The number of carbonyl (C=O) groups is 2. The van der Waals surface area contributed by atoms with E-state index in [0.29, 0.717) is 5.56 Å².